The van der Waals surface area contributed by atoms with Gasteiger partial charge in [-0.15, -0.1) is 13.2 Å². The predicted molar refractivity (Wildman–Crippen MR) is 586 cm³/mol. The lowest BCUT2D eigenvalue weighted by molar-refractivity contribution is -0.274. The monoisotopic (exact) mass is 2050 g/mol. The van der Waals surface area contributed by atoms with Gasteiger partial charge in [0.2, 0.25) is 0 Å². The van der Waals surface area contributed by atoms with Crippen molar-refractivity contribution in [1.29, 1.82) is 0 Å². The van der Waals surface area contributed by atoms with E-state index >= 15 is 0 Å². The summed E-state index contributed by atoms with van der Waals surface area (Å²) >= 11 is 15.7. The molecule has 14 aromatic rings. The van der Waals surface area contributed by atoms with E-state index in [1.807, 2.05) is 218 Å². The van der Waals surface area contributed by atoms with Gasteiger partial charge in [0.25, 0.3) is 0 Å². The molecule has 135 heavy (non-hydrogen) atoms. The van der Waals surface area contributed by atoms with Crippen LogP contribution in [0.4, 0.5) is 102 Å². The summed E-state index contributed by atoms with van der Waals surface area (Å²) in [5.41, 5.74) is 113. The van der Waals surface area contributed by atoms with Crippen LogP contribution in [-0.2, 0) is 0 Å². The molecule has 0 bridgehead atoms. The number of carbonyl (C=O) groups excluding carboxylic acids is 1. The molecular weight excluding hydrogens is 1920 g/mol. The van der Waals surface area contributed by atoms with Crippen LogP contribution in [0.25, 0.3) is 0 Å². The molecule has 0 aliphatic heterocycles. The van der Waals surface area contributed by atoms with Crippen LogP contribution in [0.1, 0.15) is 154 Å². The summed E-state index contributed by atoms with van der Waals surface area (Å²) in [5.74, 6) is -0.0959. The van der Waals surface area contributed by atoms with Gasteiger partial charge < -0.3 is 85.0 Å². The molecule has 0 saturated carbocycles. The van der Waals surface area contributed by atoms with Crippen LogP contribution < -0.4 is 85.0 Å². The second-order valence-electron chi connectivity index (χ2n) is 32.6. The third kappa shape index (κ3) is 49.1. The fourth-order valence-corrected chi connectivity index (χ4v) is 12.3. The summed E-state index contributed by atoms with van der Waals surface area (Å²) in [6, 6.07) is 75.2. The first-order valence-electron chi connectivity index (χ1n) is 42.8. The van der Waals surface area contributed by atoms with Crippen LogP contribution >= 0.6 is 59.4 Å². The highest BCUT2D eigenvalue weighted by atomic mass is 79.9. The van der Waals surface area contributed by atoms with Crippen molar-refractivity contribution in [3.8, 4) is 5.75 Å². The van der Waals surface area contributed by atoms with Gasteiger partial charge >= 0.3 is 6.36 Å². The zero-order valence-electron chi connectivity index (χ0n) is 82.0. The Labute approximate surface area is 829 Å². The molecule has 0 heterocycles. The number of nitrogens with two attached hydrogens (primary N) is 14. The summed E-state index contributed by atoms with van der Waals surface area (Å²) in [7, 11) is 0. The summed E-state index contributed by atoms with van der Waals surface area (Å²) in [6.07, 6.45) is -4.65. The van der Waals surface area contributed by atoms with Crippen LogP contribution in [0.2, 0.25) is 5.02 Å². The molecular formula is C110H139Br3ClF5N14O2. The van der Waals surface area contributed by atoms with Gasteiger partial charge in [0, 0.05) is 104 Å². The Bertz CT molecular complexity index is 5490. The van der Waals surface area contributed by atoms with Crippen molar-refractivity contribution in [3.63, 3.8) is 0 Å². The lowest BCUT2D eigenvalue weighted by atomic mass is 10.0. The molecule has 0 fully saturated rings. The Hall–Kier alpha value is -12.9. The van der Waals surface area contributed by atoms with Crippen LogP contribution in [0.5, 0.6) is 5.75 Å². The number of Topliss-reactive ketones (excluding diaryl/α,β-unsaturated/α-hetero) is 1. The molecule has 0 saturated heterocycles. The van der Waals surface area contributed by atoms with Gasteiger partial charge in [-0.2, -0.15) is 0 Å². The van der Waals surface area contributed by atoms with Gasteiger partial charge in [0.05, 0.1) is 0 Å². The van der Waals surface area contributed by atoms with Crippen molar-refractivity contribution in [1.82, 2.24) is 0 Å². The molecule has 0 aliphatic carbocycles. The Morgan fingerprint density at radius 3 is 1.02 bits per heavy atom. The molecule has 16 nitrogen and oxygen atoms in total. The number of ether oxygens (including phenoxy) is 1. The van der Waals surface area contributed by atoms with Crippen molar-refractivity contribution in [2.24, 2.45) is 0 Å². The van der Waals surface area contributed by atoms with Gasteiger partial charge in [-0.25, -0.2) is 8.78 Å². The van der Waals surface area contributed by atoms with E-state index in [-0.39, 0.29) is 23.2 Å². The van der Waals surface area contributed by atoms with Gasteiger partial charge in [-0.3, -0.25) is 4.79 Å². The second-order valence-corrected chi connectivity index (χ2v) is 35.7. The number of benzene rings is 14. The van der Waals surface area contributed by atoms with E-state index in [1.165, 1.54) is 104 Å². The number of para-hydroxylation sites is 1. The first-order valence-corrected chi connectivity index (χ1v) is 45.6. The molecule has 28 N–H and O–H groups in total. The van der Waals surface area contributed by atoms with Crippen molar-refractivity contribution in [2.75, 3.05) is 80.3 Å². The summed E-state index contributed by atoms with van der Waals surface area (Å²) in [6.45, 7) is 45.5. The van der Waals surface area contributed by atoms with Crippen molar-refractivity contribution in [2.45, 2.75) is 172 Å². The highest BCUT2D eigenvalue weighted by molar-refractivity contribution is 9.11. The predicted octanol–water partition coefficient (Wildman–Crippen LogP) is 29.4. The summed E-state index contributed by atoms with van der Waals surface area (Å²) in [4.78, 5) is 10.9. The zero-order chi connectivity index (χ0) is 103. The third-order valence-corrected chi connectivity index (χ3v) is 22.5. The molecule has 0 amide bonds. The highest BCUT2D eigenvalue weighted by Gasteiger charge is 2.31. The largest absolute Gasteiger partial charge is 0.573 e. The zero-order valence-corrected chi connectivity index (χ0v) is 87.6. The Morgan fingerprint density at radius 2 is 0.637 bits per heavy atom. The van der Waals surface area contributed by atoms with Crippen molar-refractivity contribution in [3.05, 3.63) is 401 Å². The van der Waals surface area contributed by atoms with E-state index < -0.39 is 6.36 Å². The lowest BCUT2D eigenvalue weighted by Gasteiger charge is -2.09. The highest BCUT2D eigenvalue weighted by Crippen LogP contribution is 2.28. The SMILES string of the molecule is CC(=O)c1ccc(N)c(C)c1.Cc1cc(Br)ccc1N.Cc1cc(C(C)C)ccc1N.Cc1cc(C)c(N)c(C)c1.Cc1cc(C)c(N)cc1C.Cc1cc(Cl)ccc1N.Cc1cc(F)ccc1N.Cc1cc(OC(F)(F)F)ccc1N.Cc1ccc(Br)cc1N.Cc1ccc(C)c(N)c1.Cc1ccc(F)cc1N.Cc1ccc(N)c(C)c1.Cc1cccc(N)c1Br.Cc1ccccc1N. The van der Waals surface area contributed by atoms with E-state index in [2.05, 4.69) is 137 Å². The minimum absolute atomic E-state index is 0.0769. The minimum Gasteiger partial charge on any atom is -0.406 e. The molecule has 0 spiro atoms. The number of anilines is 14. The number of ketones is 1. The van der Waals surface area contributed by atoms with Gasteiger partial charge in [-0.1, -0.05) is 165 Å². The average Bonchev–Trinajstić information content (AvgIpc) is 0.863. The maximum Gasteiger partial charge on any atom is 0.573 e. The fourth-order valence-electron chi connectivity index (χ4n) is 11.0. The molecule has 0 aliphatic rings. The van der Waals surface area contributed by atoms with Crippen molar-refractivity contribution < 1.29 is 31.5 Å². The van der Waals surface area contributed by atoms with E-state index in [4.69, 9.17) is 91.9 Å². The molecule has 25 heteroatoms. The average molecular weight is 2060 g/mol. The quantitative estimate of drug-likeness (QED) is 0.0444. The maximum absolute atomic E-state index is 12.3. The standard InChI is InChI=1S/C10H15N.C9H11NO.2C9H13N.C8H8F3NO.2C8H11N.3C7H8BrN.C7H8ClN.2C7H8FN.C7H9N/c1-7(2)9-4-5-10(11)8(3)6-9;1-6-5-8(7(2)11)3-4-9(6)10;1-6-4-8(3)9(10)5-7(6)2;1-6-4-7(2)9(10)8(3)5-6;1-5-4-6(2-3-7(5)12)13-8(9,10)11;1-6-3-4-8(9)7(2)5-6;1-6-3-4-7(2)8(9)5-6;1-5-4-6(8)2-3-7(5)9;1-5-2-3-6(8)4-7(5)9;1-5-3-2-4-6(9)7(5)8;2*1-5-4-6(8)2-3-7(5)9;1-5-2-3-6(8)4-7(5)9;1-6-4-2-3-5-7(6)8/h4-7H,11H2,1-3H3;3-5H,10H2,1-2H3;2*4-5H,10H2,1-3H3;2-4H,12H2,1H3;2*3-5H,9H2,1-2H3;6*2-4H,9H2,1H3;2-5H,8H2,1H3. The second kappa shape index (κ2) is 60.4. The number of rotatable bonds is 3. The van der Waals surface area contributed by atoms with E-state index in [0.29, 0.717) is 28.5 Å². The Kier molecular flexibility index (Phi) is 53.7. The van der Waals surface area contributed by atoms with E-state index in [9.17, 15) is 26.7 Å². The number of hydrogen-bond donors (Lipinski definition) is 14. The van der Waals surface area contributed by atoms with Gasteiger partial charge in [0.15, 0.2) is 5.78 Å². The number of carbonyl (C=O) groups is 1. The molecule has 0 atom stereocenters. The molecule has 0 unspecified atom stereocenters. The topological polar surface area (TPSA) is 391 Å². The van der Waals surface area contributed by atoms with Crippen LogP contribution in [0.15, 0.2) is 262 Å². The smallest absolute Gasteiger partial charge is 0.406 e. The molecule has 14 aromatic carbocycles. The van der Waals surface area contributed by atoms with Gasteiger partial charge in [0.1, 0.15) is 17.4 Å². The number of halogens is 9. The minimum atomic E-state index is -4.65. The Morgan fingerprint density at radius 1 is 0.289 bits per heavy atom. The third-order valence-electron chi connectivity index (χ3n) is 20.2. The van der Waals surface area contributed by atoms with Gasteiger partial charge in [-0.05, 0) is 425 Å². The first kappa shape index (κ1) is 120. The molecule has 14 rings (SSSR count). The molecule has 0 radical (unpaired) electrons. The number of alkyl halides is 3. The van der Waals surface area contributed by atoms with Crippen LogP contribution in [0, 0.1) is 150 Å². The normalized spacial score (nSPS) is 9.84. The Balaban J connectivity index is 0.000000728. The summed E-state index contributed by atoms with van der Waals surface area (Å²) in [5, 5.41) is 0.738. The fraction of sp³-hybridized carbons (Fsp3) is 0.227. The van der Waals surface area contributed by atoms with E-state index in [0.717, 1.165) is 137 Å². The number of nitrogen functional groups attached to an aromatic ring is 14. The van der Waals surface area contributed by atoms with Crippen LogP contribution in [0.3, 0.4) is 0 Å². The molecule has 0 aromatic heterocycles. The van der Waals surface area contributed by atoms with Crippen LogP contribution in [-0.4, -0.2) is 12.1 Å². The first-order chi connectivity index (χ1) is 62.7. The lowest BCUT2D eigenvalue weighted by Crippen LogP contribution is -2.17. The number of aryl methyl sites for hydroxylation is 20. The van der Waals surface area contributed by atoms with Crippen molar-refractivity contribution >= 4 is 145 Å². The summed E-state index contributed by atoms with van der Waals surface area (Å²) < 4.78 is 66.5. The maximum atomic E-state index is 12.3. The van der Waals surface area contributed by atoms with E-state index in [1.54, 1.807) is 63.2 Å². The number of hydrogen-bond acceptors (Lipinski definition) is 16. The molecule has 724 valence electrons.